The van der Waals surface area contributed by atoms with Crippen LogP contribution in [0.4, 0.5) is 0 Å². The number of hydrogen-bond donors (Lipinski definition) is 1. The molecule has 0 unspecified atom stereocenters. The number of methoxy groups -OCH3 is 1. The van der Waals surface area contributed by atoms with Crippen LogP contribution in [-0.2, 0) is 13.0 Å². The van der Waals surface area contributed by atoms with E-state index in [-0.39, 0.29) is 0 Å². The number of hydrogen-bond acceptors (Lipinski definition) is 4. The van der Waals surface area contributed by atoms with Crippen LogP contribution < -0.4 is 10.1 Å². The lowest BCUT2D eigenvalue weighted by molar-refractivity contribution is 0.412. The van der Waals surface area contributed by atoms with Gasteiger partial charge in [0.2, 0.25) is 0 Å². The van der Waals surface area contributed by atoms with Gasteiger partial charge >= 0.3 is 0 Å². The molecular weight excluding hydrogens is 312 g/mol. The van der Waals surface area contributed by atoms with Crippen LogP contribution in [0.2, 0.25) is 0 Å². The first-order valence-corrected chi connectivity index (χ1v) is 7.38. The van der Waals surface area contributed by atoms with Gasteiger partial charge in [-0.2, -0.15) is 0 Å². The quantitative estimate of drug-likeness (QED) is 0.827. The zero-order chi connectivity index (χ0) is 12.8. The fourth-order valence-corrected chi connectivity index (χ4v) is 2.83. The third-order valence-corrected chi connectivity index (χ3v) is 4.00. The summed E-state index contributed by atoms with van der Waals surface area (Å²) in [7, 11) is 1.67. The lowest BCUT2D eigenvalue weighted by Gasteiger charge is -2.07. The second kappa shape index (κ2) is 6.87. The number of nitrogens with one attached hydrogen (secondary N) is 1. The predicted molar refractivity (Wildman–Crippen MR) is 78.2 cm³/mol. The van der Waals surface area contributed by atoms with Crippen LogP contribution in [0.25, 0.3) is 0 Å². The lowest BCUT2D eigenvalue weighted by atomic mass is 10.2. The zero-order valence-electron chi connectivity index (χ0n) is 10.1. The topological polar surface area (TPSA) is 34.1 Å². The molecule has 0 atom stereocenters. The van der Waals surface area contributed by atoms with Crippen LogP contribution >= 0.6 is 27.3 Å². The molecule has 0 saturated heterocycles. The van der Waals surface area contributed by atoms with Crippen molar-refractivity contribution in [3.63, 3.8) is 0 Å². The second-order valence-corrected chi connectivity index (χ2v) is 5.65. The molecule has 2 rings (SSSR count). The Labute approximate surface area is 119 Å². The average molecular weight is 327 g/mol. The minimum Gasteiger partial charge on any atom is -0.496 e. The third kappa shape index (κ3) is 3.80. The summed E-state index contributed by atoms with van der Waals surface area (Å²) in [5.41, 5.74) is 1.24. The third-order valence-electron chi connectivity index (χ3n) is 2.54. The Kier molecular flexibility index (Phi) is 5.16. The summed E-state index contributed by atoms with van der Waals surface area (Å²) >= 11 is 5.19. The maximum atomic E-state index is 5.20. The van der Waals surface area contributed by atoms with Gasteiger partial charge in [-0.1, -0.05) is 6.07 Å². The fourth-order valence-electron chi connectivity index (χ4n) is 1.62. The first kappa shape index (κ1) is 13.5. The molecule has 0 fully saturated rings. The molecule has 1 aromatic heterocycles. The summed E-state index contributed by atoms with van der Waals surface area (Å²) in [6, 6.07) is 6.12. The Hall–Kier alpha value is -0.910. The molecule has 1 heterocycles. The van der Waals surface area contributed by atoms with Crippen LogP contribution in [0.15, 0.2) is 34.2 Å². The molecule has 0 saturated carbocycles. The first-order valence-electron chi connectivity index (χ1n) is 5.71. The van der Waals surface area contributed by atoms with Crippen LogP contribution in [0.3, 0.4) is 0 Å². The van der Waals surface area contributed by atoms with E-state index in [4.69, 9.17) is 4.74 Å². The van der Waals surface area contributed by atoms with Crippen molar-refractivity contribution in [2.45, 2.75) is 13.0 Å². The van der Waals surface area contributed by atoms with E-state index in [0.29, 0.717) is 0 Å². The normalized spacial score (nSPS) is 10.6. The number of rotatable bonds is 6. The van der Waals surface area contributed by atoms with E-state index >= 15 is 0 Å². The fraction of sp³-hybridized carbons (Fsp3) is 0.308. The molecular formula is C13H15BrN2OS. The van der Waals surface area contributed by atoms with Crippen LogP contribution in [0, 0.1) is 0 Å². The summed E-state index contributed by atoms with van der Waals surface area (Å²) in [4.78, 5) is 4.25. The minimum absolute atomic E-state index is 0.855. The van der Waals surface area contributed by atoms with Gasteiger partial charge in [0.1, 0.15) is 5.75 Å². The van der Waals surface area contributed by atoms with E-state index in [9.17, 15) is 0 Å². The van der Waals surface area contributed by atoms with Gasteiger partial charge in [-0.3, -0.25) is 0 Å². The van der Waals surface area contributed by atoms with Gasteiger partial charge < -0.3 is 10.1 Å². The van der Waals surface area contributed by atoms with Gasteiger partial charge in [0.05, 0.1) is 16.6 Å². The molecule has 3 nitrogen and oxygen atoms in total. The van der Waals surface area contributed by atoms with Crippen molar-refractivity contribution in [2.24, 2.45) is 0 Å². The van der Waals surface area contributed by atoms with Crippen molar-refractivity contribution in [1.29, 1.82) is 0 Å². The van der Waals surface area contributed by atoms with Gasteiger partial charge in [-0.05, 0) is 33.6 Å². The highest BCUT2D eigenvalue weighted by atomic mass is 79.9. The first-order chi connectivity index (χ1) is 8.79. The number of aromatic nitrogens is 1. The Morgan fingerprint density at radius 1 is 1.44 bits per heavy atom. The number of ether oxygens (including phenoxy) is 1. The lowest BCUT2D eigenvalue weighted by Crippen LogP contribution is -2.16. The highest BCUT2D eigenvalue weighted by molar-refractivity contribution is 9.10. The summed E-state index contributed by atoms with van der Waals surface area (Å²) in [6.07, 6.45) is 2.83. The molecule has 1 aromatic carbocycles. The molecule has 2 aromatic rings. The number of benzene rings is 1. The van der Waals surface area contributed by atoms with Crippen molar-refractivity contribution < 1.29 is 4.74 Å². The number of nitrogens with zero attached hydrogens (tertiary/aromatic N) is 1. The molecule has 0 aliphatic rings. The summed E-state index contributed by atoms with van der Waals surface area (Å²) in [6.45, 7) is 1.80. The van der Waals surface area contributed by atoms with E-state index in [1.165, 1.54) is 10.6 Å². The maximum absolute atomic E-state index is 5.20. The largest absolute Gasteiger partial charge is 0.496 e. The standard InChI is InChI=1S/C13H15BrN2OS/c1-17-12-3-2-10(8-11(12)14)9-15-5-4-13-16-6-7-18-13/h2-3,6-8,15H,4-5,9H2,1H3. The average Bonchev–Trinajstić information content (AvgIpc) is 2.88. The summed E-state index contributed by atoms with van der Waals surface area (Å²) in [5.74, 6) is 0.863. The van der Waals surface area contributed by atoms with Gasteiger partial charge in [0, 0.05) is 31.1 Å². The molecule has 1 N–H and O–H groups in total. The van der Waals surface area contributed by atoms with Crippen LogP contribution in [-0.4, -0.2) is 18.6 Å². The van der Waals surface area contributed by atoms with E-state index in [0.717, 1.165) is 29.7 Å². The smallest absolute Gasteiger partial charge is 0.133 e. The molecule has 0 radical (unpaired) electrons. The molecule has 96 valence electrons. The number of halogens is 1. The Morgan fingerprint density at radius 3 is 3.00 bits per heavy atom. The molecule has 0 aliphatic heterocycles. The zero-order valence-corrected chi connectivity index (χ0v) is 12.6. The highest BCUT2D eigenvalue weighted by Crippen LogP contribution is 2.25. The van der Waals surface area contributed by atoms with Gasteiger partial charge in [0.15, 0.2) is 0 Å². The maximum Gasteiger partial charge on any atom is 0.133 e. The Morgan fingerprint density at radius 2 is 2.33 bits per heavy atom. The molecule has 0 bridgehead atoms. The van der Waals surface area contributed by atoms with Crippen molar-refractivity contribution in [2.75, 3.05) is 13.7 Å². The molecule has 0 aliphatic carbocycles. The van der Waals surface area contributed by atoms with E-state index in [1.807, 2.05) is 17.6 Å². The summed E-state index contributed by atoms with van der Waals surface area (Å²) in [5, 5.41) is 6.60. The highest BCUT2D eigenvalue weighted by Gasteiger charge is 2.01. The molecule has 5 heteroatoms. The minimum atomic E-state index is 0.855. The molecule has 18 heavy (non-hydrogen) atoms. The van der Waals surface area contributed by atoms with E-state index in [2.05, 4.69) is 38.4 Å². The summed E-state index contributed by atoms with van der Waals surface area (Å²) < 4.78 is 6.19. The van der Waals surface area contributed by atoms with Gasteiger partial charge in [-0.25, -0.2) is 4.98 Å². The van der Waals surface area contributed by atoms with E-state index < -0.39 is 0 Å². The monoisotopic (exact) mass is 326 g/mol. The second-order valence-electron chi connectivity index (χ2n) is 3.82. The molecule has 0 amide bonds. The van der Waals surface area contributed by atoms with Crippen molar-refractivity contribution in [3.05, 3.63) is 44.8 Å². The van der Waals surface area contributed by atoms with Crippen LogP contribution in [0.1, 0.15) is 10.6 Å². The van der Waals surface area contributed by atoms with E-state index in [1.54, 1.807) is 18.4 Å². The van der Waals surface area contributed by atoms with Crippen molar-refractivity contribution in [1.82, 2.24) is 10.3 Å². The Balaban J connectivity index is 1.78. The van der Waals surface area contributed by atoms with Crippen LogP contribution in [0.5, 0.6) is 5.75 Å². The predicted octanol–water partition coefficient (Wildman–Crippen LogP) is 3.25. The number of thiazole rings is 1. The Bertz CT molecular complexity index is 488. The van der Waals surface area contributed by atoms with Gasteiger partial charge in [0.25, 0.3) is 0 Å². The van der Waals surface area contributed by atoms with Crippen molar-refractivity contribution >= 4 is 27.3 Å². The van der Waals surface area contributed by atoms with Crippen molar-refractivity contribution in [3.8, 4) is 5.75 Å². The van der Waals surface area contributed by atoms with Gasteiger partial charge in [-0.15, -0.1) is 11.3 Å². The SMILES string of the molecule is COc1ccc(CNCCc2nccs2)cc1Br. The molecule has 0 spiro atoms.